The number of aromatic nitrogens is 1. The first-order valence-corrected chi connectivity index (χ1v) is 10.9. The molecular weight excluding hydrogens is 442 g/mol. The molecule has 3 rings (SSSR count). The van der Waals surface area contributed by atoms with E-state index in [2.05, 4.69) is 15.2 Å². The number of esters is 1. The van der Waals surface area contributed by atoms with Crippen molar-refractivity contribution in [2.75, 3.05) is 71.9 Å². The molecule has 178 valence electrons. The van der Waals surface area contributed by atoms with Crippen molar-refractivity contribution in [2.24, 2.45) is 0 Å². The normalized spacial score (nSPS) is 22.4. The van der Waals surface area contributed by atoms with Crippen LogP contribution in [-0.4, -0.2) is 105 Å². The molecule has 0 aromatic carbocycles. The van der Waals surface area contributed by atoms with Gasteiger partial charge in [-0.2, -0.15) is 0 Å². The molecule has 11 nitrogen and oxygen atoms in total. The molecule has 0 spiro atoms. The van der Waals surface area contributed by atoms with Crippen molar-refractivity contribution >= 4 is 29.3 Å². The zero-order chi connectivity index (χ0) is 23.1. The summed E-state index contributed by atoms with van der Waals surface area (Å²) in [5.74, 6) is -0.844. The molecule has 12 heteroatoms. The Balaban J connectivity index is 1.46. The minimum absolute atomic E-state index is 0.00752. The number of nitrogens with zero attached hydrogens (tertiary/aromatic N) is 2. The SMILES string of the molecule is CO[C@@H]1CN(CC(=O)OCCN2CCOCC2)CC[C@@H]1NC(=O)c1cc(Cl)c(N)[nH]c1=O. The summed E-state index contributed by atoms with van der Waals surface area (Å²) in [4.78, 5) is 43.3. The molecule has 4 N–H and O–H groups in total. The summed E-state index contributed by atoms with van der Waals surface area (Å²) in [6.45, 7) is 5.31. The van der Waals surface area contributed by atoms with Crippen molar-refractivity contribution < 1.29 is 23.8 Å². The quantitative estimate of drug-likeness (QED) is 0.420. The summed E-state index contributed by atoms with van der Waals surface area (Å²) in [7, 11) is 1.54. The monoisotopic (exact) mass is 471 g/mol. The minimum Gasteiger partial charge on any atom is -0.463 e. The Morgan fingerprint density at radius 3 is 2.78 bits per heavy atom. The van der Waals surface area contributed by atoms with Crippen LogP contribution < -0.4 is 16.6 Å². The molecule has 2 aliphatic rings. The van der Waals surface area contributed by atoms with Crippen LogP contribution >= 0.6 is 11.6 Å². The number of nitrogens with one attached hydrogen (secondary N) is 2. The number of likely N-dealkylation sites (tertiary alicyclic amines) is 1. The Kier molecular flexibility index (Phi) is 8.88. The molecular formula is C20H30ClN5O6. The fourth-order valence-corrected chi connectivity index (χ4v) is 3.96. The first-order chi connectivity index (χ1) is 15.4. The van der Waals surface area contributed by atoms with Crippen LogP contribution in [0.1, 0.15) is 16.8 Å². The summed E-state index contributed by atoms with van der Waals surface area (Å²) in [6, 6.07) is 0.923. The van der Waals surface area contributed by atoms with Gasteiger partial charge in [0, 0.05) is 39.8 Å². The number of hydrogen-bond donors (Lipinski definition) is 3. The van der Waals surface area contributed by atoms with Gasteiger partial charge < -0.3 is 30.2 Å². The number of methoxy groups -OCH3 is 1. The zero-order valence-electron chi connectivity index (χ0n) is 18.1. The molecule has 1 aromatic heterocycles. The number of ether oxygens (including phenoxy) is 3. The summed E-state index contributed by atoms with van der Waals surface area (Å²) in [5.41, 5.74) is 4.82. The van der Waals surface area contributed by atoms with E-state index in [0.29, 0.717) is 45.9 Å². The van der Waals surface area contributed by atoms with E-state index in [-0.39, 0.29) is 41.1 Å². The highest BCUT2D eigenvalue weighted by Gasteiger charge is 2.32. The summed E-state index contributed by atoms with van der Waals surface area (Å²) >= 11 is 5.92. The molecule has 0 radical (unpaired) electrons. The molecule has 0 aliphatic carbocycles. The molecule has 1 aromatic rings. The van der Waals surface area contributed by atoms with Crippen LogP contribution in [0.25, 0.3) is 0 Å². The molecule has 32 heavy (non-hydrogen) atoms. The number of amides is 1. The van der Waals surface area contributed by atoms with Crippen molar-refractivity contribution in [2.45, 2.75) is 18.6 Å². The van der Waals surface area contributed by atoms with E-state index in [4.69, 9.17) is 31.5 Å². The van der Waals surface area contributed by atoms with Gasteiger partial charge in [-0.1, -0.05) is 11.6 Å². The molecule has 0 saturated carbocycles. The number of hydrogen-bond acceptors (Lipinski definition) is 9. The van der Waals surface area contributed by atoms with Gasteiger partial charge in [0.25, 0.3) is 11.5 Å². The van der Waals surface area contributed by atoms with E-state index in [9.17, 15) is 14.4 Å². The number of piperidine rings is 1. The lowest BCUT2D eigenvalue weighted by Gasteiger charge is -2.37. The van der Waals surface area contributed by atoms with Crippen molar-refractivity contribution in [1.29, 1.82) is 0 Å². The van der Waals surface area contributed by atoms with Crippen LogP contribution in [0.5, 0.6) is 0 Å². The minimum atomic E-state index is -0.615. The molecule has 2 atom stereocenters. The van der Waals surface area contributed by atoms with Gasteiger partial charge in [-0.25, -0.2) is 0 Å². The zero-order valence-corrected chi connectivity index (χ0v) is 18.9. The van der Waals surface area contributed by atoms with E-state index in [1.165, 1.54) is 6.07 Å². The lowest BCUT2D eigenvalue weighted by Crippen LogP contribution is -2.56. The number of rotatable bonds is 8. The maximum atomic E-state index is 12.6. The van der Waals surface area contributed by atoms with Gasteiger partial charge in [0.1, 0.15) is 18.0 Å². The lowest BCUT2D eigenvalue weighted by molar-refractivity contribution is -0.146. The Morgan fingerprint density at radius 2 is 2.06 bits per heavy atom. The fourth-order valence-electron chi connectivity index (χ4n) is 3.80. The van der Waals surface area contributed by atoms with Crippen LogP contribution in [0.15, 0.2) is 10.9 Å². The highest BCUT2D eigenvalue weighted by molar-refractivity contribution is 6.33. The third-order valence-electron chi connectivity index (χ3n) is 5.66. The number of carbonyl (C=O) groups is 2. The third-order valence-corrected chi connectivity index (χ3v) is 5.97. The summed E-state index contributed by atoms with van der Waals surface area (Å²) in [5, 5.41) is 2.92. The fraction of sp³-hybridized carbons (Fsp3) is 0.650. The topological polar surface area (TPSA) is 139 Å². The number of anilines is 1. The largest absolute Gasteiger partial charge is 0.463 e. The number of nitrogen functional groups attached to an aromatic ring is 1. The van der Waals surface area contributed by atoms with Gasteiger partial charge >= 0.3 is 5.97 Å². The van der Waals surface area contributed by atoms with Gasteiger partial charge in [0.2, 0.25) is 0 Å². The van der Waals surface area contributed by atoms with Gasteiger partial charge in [-0.3, -0.25) is 24.2 Å². The van der Waals surface area contributed by atoms with Crippen LogP contribution in [0.3, 0.4) is 0 Å². The van der Waals surface area contributed by atoms with Gasteiger partial charge in [-0.05, 0) is 12.5 Å². The van der Waals surface area contributed by atoms with Crippen LogP contribution in [-0.2, 0) is 19.0 Å². The van der Waals surface area contributed by atoms with Crippen molar-refractivity contribution in [3.63, 3.8) is 0 Å². The first-order valence-electron chi connectivity index (χ1n) is 10.6. The Morgan fingerprint density at radius 1 is 1.31 bits per heavy atom. The van der Waals surface area contributed by atoms with Crippen molar-refractivity contribution in [3.8, 4) is 0 Å². The van der Waals surface area contributed by atoms with Gasteiger partial charge in [0.05, 0.1) is 36.9 Å². The maximum absolute atomic E-state index is 12.6. The average molecular weight is 472 g/mol. The van der Waals surface area contributed by atoms with Crippen LogP contribution in [0, 0.1) is 0 Å². The molecule has 2 fully saturated rings. The van der Waals surface area contributed by atoms with E-state index in [1.54, 1.807) is 7.11 Å². The van der Waals surface area contributed by atoms with E-state index < -0.39 is 11.5 Å². The Hall–Kier alpha value is -2.18. The standard InChI is InChI=1S/C20H30ClN5O6/c1-30-16-11-26(12-17(27)32-9-6-25-4-7-31-8-5-25)3-2-15(16)23-19(28)13-10-14(21)18(22)24-20(13)29/h10,15-16H,2-9,11-12H2,1H3,(H,23,28)(H3,22,24,29)/t15-,16+/m0/s1. The number of carbonyl (C=O) groups excluding carboxylic acids is 2. The lowest BCUT2D eigenvalue weighted by atomic mass is 10.0. The second kappa shape index (κ2) is 11.6. The number of nitrogens with two attached hydrogens (primary N) is 1. The van der Waals surface area contributed by atoms with Gasteiger partial charge in [-0.15, -0.1) is 0 Å². The maximum Gasteiger partial charge on any atom is 0.320 e. The van der Waals surface area contributed by atoms with Crippen LogP contribution in [0.4, 0.5) is 5.82 Å². The van der Waals surface area contributed by atoms with E-state index in [0.717, 1.165) is 13.1 Å². The second-order valence-electron chi connectivity index (χ2n) is 7.83. The molecule has 0 bridgehead atoms. The third kappa shape index (κ3) is 6.66. The first kappa shape index (κ1) is 24.5. The molecule has 2 aliphatic heterocycles. The highest BCUT2D eigenvalue weighted by Crippen LogP contribution is 2.17. The second-order valence-corrected chi connectivity index (χ2v) is 8.23. The van der Waals surface area contributed by atoms with E-state index >= 15 is 0 Å². The van der Waals surface area contributed by atoms with Crippen LogP contribution in [0.2, 0.25) is 5.02 Å². The van der Waals surface area contributed by atoms with E-state index in [1.807, 2.05) is 4.90 Å². The van der Waals surface area contributed by atoms with Crippen molar-refractivity contribution in [3.05, 3.63) is 27.0 Å². The smallest absolute Gasteiger partial charge is 0.320 e. The molecule has 0 unspecified atom stereocenters. The number of morpholine rings is 1. The highest BCUT2D eigenvalue weighted by atomic mass is 35.5. The molecule has 2 saturated heterocycles. The van der Waals surface area contributed by atoms with Crippen molar-refractivity contribution in [1.82, 2.24) is 20.1 Å². The van der Waals surface area contributed by atoms with Gasteiger partial charge in [0.15, 0.2) is 0 Å². The predicted octanol–water partition coefficient (Wildman–Crippen LogP) is -0.695. The predicted molar refractivity (Wildman–Crippen MR) is 118 cm³/mol. The summed E-state index contributed by atoms with van der Waals surface area (Å²) < 4.78 is 16.2. The summed E-state index contributed by atoms with van der Waals surface area (Å²) in [6.07, 6.45) is 0.198. The number of halogens is 1. The molecule has 3 heterocycles. The Bertz CT molecular complexity index is 859. The molecule has 1 amide bonds. The Labute approximate surface area is 191 Å². The number of H-pyrrole nitrogens is 1. The number of pyridine rings is 1. The number of aromatic amines is 1. The average Bonchev–Trinajstić information content (AvgIpc) is 2.78.